The molecule has 0 N–H and O–H groups in total. The number of amides is 1. The number of carbonyl (C=O) groups excluding carboxylic acids is 1. The molecule has 0 aliphatic carbocycles. The largest absolute Gasteiger partial charge is 0.497 e. The number of para-hydroxylation sites is 1. The van der Waals surface area contributed by atoms with E-state index in [9.17, 15) is 9.59 Å². The average Bonchev–Trinajstić information content (AvgIpc) is 3.08. The first-order chi connectivity index (χ1) is 14.1. The summed E-state index contributed by atoms with van der Waals surface area (Å²) in [6.45, 7) is 1.25. The molecule has 1 aliphatic heterocycles. The van der Waals surface area contributed by atoms with Gasteiger partial charge in [-0.3, -0.25) is 4.79 Å². The van der Waals surface area contributed by atoms with Gasteiger partial charge in [-0.25, -0.2) is 14.0 Å². The van der Waals surface area contributed by atoms with Crippen LogP contribution in [0.2, 0.25) is 0 Å². The zero-order valence-electron chi connectivity index (χ0n) is 16.6. The molecule has 2 heterocycles. The van der Waals surface area contributed by atoms with Crippen molar-refractivity contribution in [2.24, 2.45) is 7.05 Å². The summed E-state index contributed by atoms with van der Waals surface area (Å²) in [5, 5.41) is 4.51. The zero-order valence-corrected chi connectivity index (χ0v) is 16.6. The summed E-state index contributed by atoms with van der Waals surface area (Å²) in [4.78, 5) is 27.4. The lowest BCUT2D eigenvalue weighted by Crippen LogP contribution is -2.38. The minimum atomic E-state index is -0.152. The van der Waals surface area contributed by atoms with Gasteiger partial charge in [-0.05, 0) is 43.2 Å². The molecule has 2 aromatic carbocycles. The van der Waals surface area contributed by atoms with E-state index in [0.717, 1.165) is 24.4 Å². The highest BCUT2D eigenvalue weighted by Crippen LogP contribution is 2.28. The predicted molar refractivity (Wildman–Crippen MR) is 110 cm³/mol. The van der Waals surface area contributed by atoms with Crippen LogP contribution in [0.25, 0.3) is 5.69 Å². The van der Waals surface area contributed by atoms with Crippen LogP contribution in [-0.4, -0.2) is 45.4 Å². The van der Waals surface area contributed by atoms with Crippen LogP contribution in [0.3, 0.4) is 0 Å². The van der Waals surface area contributed by atoms with Crippen LogP contribution < -0.4 is 10.4 Å². The molecule has 1 aliphatic rings. The van der Waals surface area contributed by atoms with Crippen LogP contribution in [0.4, 0.5) is 0 Å². The Hall–Kier alpha value is -3.35. The van der Waals surface area contributed by atoms with Crippen LogP contribution in [0.5, 0.6) is 5.75 Å². The minimum absolute atomic E-state index is 0.00354. The van der Waals surface area contributed by atoms with Gasteiger partial charge in [-0.2, -0.15) is 5.10 Å². The molecule has 0 saturated carbocycles. The fourth-order valence-corrected chi connectivity index (χ4v) is 3.85. The normalized spacial score (nSPS) is 14.8. The maximum absolute atomic E-state index is 12.9. The van der Waals surface area contributed by atoms with Gasteiger partial charge < -0.3 is 9.64 Å². The number of hydrogen-bond donors (Lipinski definition) is 0. The average molecular weight is 392 g/mol. The summed E-state index contributed by atoms with van der Waals surface area (Å²) in [6, 6.07) is 16.8. The summed E-state index contributed by atoms with van der Waals surface area (Å²) in [5.74, 6) is 1.56. The number of rotatable bonds is 4. The van der Waals surface area contributed by atoms with E-state index in [0.29, 0.717) is 24.4 Å². The molecule has 0 unspecified atom stereocenters. The Morgan fingerprint density at radius 2 is 1.79 bits per heavy atom. The molecule has 7 heteroatoms. The van der Waals surface area contributed by atoms with Gasteiger partial charge in [-0.1, -0.05) is 24.3 Å². The molecule has 0 radical (unpaired) electrons. The molecular weight excluding hydrogens is 368 g/mol. The van der Waals surface area contributed by atoms with Gasteiger partial charge in [0.25, 0.3) is 5.91 Å². The first-order valence-electron chi connectivity index (χ1n) is 9.73. The number of aromatic nitrogens is 3. The third-order valence-corrected chi connectivity index (χ3v) is 5.43. The van der Waals surface area contributed by atoms with E-state index >= 15 is 0 Å². The Balaban J connectivity index is 1.53. The summed E-state index contributed by atoms with van der Waals surface area (Å²) in [5.41, 5.74) is 1.29. The SMILES string of the molecule is COc1cccc(C(=O)N2CCC(c3nn(C)c(=O)n3-c3ccccc3)CC2)c1. The monoisotopic (exact) mass is 392 g/mol. The van der Waals surface area contributed by atoms with E-state index in [4.69, 9.17) is 4.74 Å². The molecule has 0 bridgehead atoms. The van der Waals surface area contributed by atoms with Gasteiger partial charge in [0.2, 0.25) is 0 Å². The molecule has 1 fully saturated rings. The molecule has 0 atom stereocenters. The molecule has 3 aromatic rings. The van der Waals surface area contributed by atoms with Gasteiger partial charge in [0.05, 0.1) is 12.8 Å². The Morgan fingerprint density at radius 3 is 2.48 bits per heavy atom. The molecule has 7 nitrogen and oxygen atoms in total. The first-order valence-corrected chi connectivity index (χ1v) is 9.73. The number of aryl methyl sites for hydroxylation is 1. The van der Waals surface area contributed by atoms with Crippen LogP contribution in [-0.2, 0) is 7.05 Å². The Labute approximate surface area is 169 Å². The maximum atomic E-state index is 12.9. The summed E-state index contributed by atoms with van der Waals surface area (Å²) in [6.07, 6.45) is 1.53. The zero-order chi connectivity index (χ0) is 20.4. The van der Waals surface area contributed by atoms with Crippen molar-refractivity contribution in [1.82, 2.24) is 19.2 Å². The third-order valence-electron chi connectivity index (χ3n) is 5.43. The maximum Gasteiger partial charge on any atom is 0.350 e. The van der Waals surface area contributed by atoms with E-state index in [1.54, 1.807) is 24.8 Å². The quantitative estimate of drug-likeness (QED) is 0.684. The van der Waals surface area contributed by atoms with Crippen molar-refractivity contribution in [3.8, 4) is 11.4 Å². The van der Waals surface area contributed by atoms with Crippen LogP contribution in [0.1, 0.15) is 34.9 Å². The van der Waals surface area contributed by atoms with Crippen molar-refractivity contribution in [1.29, 1.82) is 0 Å². The first kappa shape index (κ1) is 19.0. The lowest BCUT2D eigenvalue weighted by atomic mass is 9.95. The van der Waals surface area contributed by atoms with Gasteiger partial charge in [0.15, 0.2) is 0 Å². The molecule has 0 spiro atoms. The van der Waals surface area contributed by atoms with E-state index in [2.05, 4.69) is 5.10 Å². The second-order valence-corrected chi connectivity index (χ2v) is 7.23. The summed E-state index contributed by atoms with van der Waals surface area (Å²) in [7, 11) is 3.26. The van der Waals surface area contributed by atoms with Gasteiger partial charge in [0.1, 0.15) is 11.6 Å². The number of nitrogens with zero attached hydrogens (tertiary/aromatic N) is 4. The highest BCUT2D eigenvalue weighted by Gasteiger charge is 2.29. The number of ether oxygens (including phenoxy) is 1. The van der Waals surface area contributed by atoms with Crippen LogP contribution in [0.15, 0.2) is 59.4 Å². The lowest BCUT2D eigenvalue weighted by Gasteiger charge is -2.31. The molecule has 1 aromatic heterocycles. The molecule has 1 amide bonds. The predicted octanol–water partition coefficient (Wildman–Crippen LogP) is 2.60. The second kappa shape index (κ2) is 7.95. The minimum Gasteiger partial charge on any atom is -0.497 e. The van der Waals surface area contributed by atoms with Crippen LogP contribution >= 0.6 is 0 Å². The number of methoxy groups -OCH3 is 1. The van der Waals surface area contributed by atoms with Gasteiger partial charge >= 0.3 is 5.69 Å². The van der Waals surface area contributed by atoms with Crippen LogP contribution in [0, 0.1) is 0 Å². The van der Waals surface area contributed by atoms with Crippen molar-refractivity contribution < 1.29 is 9.53 Å². The second-order valence-electron chi connectivity index (χ2n) is 7.23. The number of piperidine rings is 1. The number of benzene rings is 2. The Bertz CT molecular complexity index is 1060. The summed E-state index contributed by atoms with van der Waals surface area (Å²) >= 11 is 0. The van der Waals surface area contributed by atoms with E-state index in [1.807, 2.05) is 53.4 Å². The fraction of sp³-hybridized carbons (Fsp3) is 0.318. The topological polar surface area (TPSA) is 69.4 Å². The van der Waals surface area contributed by atoms with E-state index in [1.165, 1.54) is 4.68 Å². The van der Waals surface area contributed by atoms with Crippen molar-refractivity contribution in [3.63, 3.8) is 0 Å². The van der Waals surface area contributed by atoms with Gasteiger partial charge in [-0.15, -0.1) is 0 Å². The molecule has 29 heavy (non-hydrogen) atoms. The van der Waals surface area contributed by atoms with E-state index < -0.39 is 0 Å². The smallest absolute Gasteiger partial charge is 0.350 e. The van der Waals surface area contributed by atoms with Crippen molar-refractivity contribution >= 4 is 5.91 Å². The molecule has 4 rings (SSSR count). The molecule has 1 saturated heterocycles. The number of carbonyl (C=O) groups is 1. The molecule has 150 valence electrons. The highest BCUT2D eigenvalue weighted by atomic mass is 16.5. The fourth-order valence-electron chi connectivity index (χ4n) is 3.85. The van der Waals surface area contributed by atoms with E-state index in [-0.39, 0.29) is 17.5 Å². The standard InChI is InChI=1S/C22H24N4O3/c1-24-22(28)26(18-8-4-3-5-9-18)20(23-24)16-11-13-25(14-12-16)21(27)17-7-6-10-19(15-17)29-2/h3-10,15-16H,11-14H2,1-2H3. The number of likely N-dealkylation sites (tertiary alicyclic amines) is 1. The third kappa shape index (κ3) is 3.68. The summed E-state index contributed by atoms with van der Waals surface area (Å²) < 4.78 is 8.29. The number of hydrogen-bond acceptors (Lipinski definition) is 4. The van der Waals surface area contributed by atoms with Gasteiger partial charge in [0, 0.05) is 31.6 Å². The molecular formula is C22H24N4O3. The highest BCUT2D eigenvalue weighted by molar-refractivity contribution is 5.94. The Kier molecular flexibility index (Phi) is 5.20. The lowest BCUT2D eigenvalue weighted by molar-refractivity contribution is 0.0710. The van der Waals surface area contributed by atoms with Crippen molar-refractivity contribution in [2.45, 2.75) is 18.8 Å². The van der Waals surface area contributed by atoms with Crippen molar-refractivity contribution in [2.75, 3.05) is 20.2 Å². The Morgan fingerprint density at radius 1 is 1.07 bits per heavy atom. The van der Waals surface area contributed by atoms with Crippen molar-refractivity contribution in [3.05, 3.63) is 76.5 Å².